The highest BCUT2D eigenvalue weighted by Crippen LogP contribution is 2.20. The number of hydrogen-bond acceptors (Lipinski definition) is 3. The molecule has 0 spiro atoms. The van der Waals surface area contributed by atoms with Crippen molar-refractivity contribution in [2.45, 2.75) is 52.1 Å². The zero-order valence-electron chi connectivity index (χ0n) is 12.9. The minimum absolute atomic E-state index is 0.202. The number of carbonyl (C=O) groups excluding carboxylic acids is 1. The maximum Gasteiger partial charge on any atom is 0.355 e. The summed E-state index contributed by atoms with van der Waals surface area (Å²) in [5.74, 6) is -0.202. The first-order valence-electron chi connectivity index (χ1n) is 7.66. The first kappa shape index (κ1) is 15.1. The van der Waals surface area contributed by atoms with Crippen LogP contribution in [0.1, 0.15) is 48.7 Å². The molecule has 0 saturated carbocycles. The van der Waals surface area contributed by atoms with Crippen molar-refractivity contribution < 1.29 is 9.53 Å². The second kappa shape index (κ2) is 6.93. The van der Waals surface area contributed by atoms with Gasteiger partial charge in [0.1, 0.15) is 5.69 Å². The number of likely N-dealkylation sites (tertiary alicyclic amines) is 1. The van der Waals surface area contributed by atoms with Gasteiger partial charge >= 0.3 is 5.97 Å². The molecule has 1 aliphatic heterocycles. The largest absolute Gasteiger partial charge is 0.461 e. The second-order valence-corrected chi connectivity index (χ2v) is 5.68. The molecule has 1 aromatic heterocycles. The molecule has 0 aliphatic carbocycles. The molecule has 2 heterocycles. The van der Waals surface area contributed by atoms with E-state index in [1.165, 1.54) is 25.8 Å². The topological polar surface area (TPSA) is 34.5 Å². The summed E-state index contributed by atoms with van der Waals surface area (Å²) in [4.78, 5) is 14.5. The molecule has 1 aromatic rings. The van der Waals surface area contributed by atoms with Gasteiger partial charge in [-0.3, -0.25) is 0 Å². The van der Waals surface area contributed by atoms with Gasteiger partial charge in [0.2, 0.25) is 0 Å². The van der Waals surface area contributed by atoms with Crippen molar-refractivity contribution in [3.05, 3.63) is 23.5 Å². The summed E-state index contributed by atoms with van der Waals surface area (Å²) >= 11 is 0. The number of ether oxygens (including phenoxy) is 1. The number of carbonyl (C=O) groups is 1. The van der Waals surface area contributed by atoms with Gasteiger partial charge in [-0.25, -0.2) is 4.79 Å². The van der Waals surface area contributed by atoms with E-state index in [-0.39, 0.29) is 5.97 Å². The van der Waals surface area contributed by atoms with E-state index in [1.807, 2.05) is 26.1 Å². The maximum atomic E-state index is 12.0. The van der Waals surface area contributed by atoms with Crippen molar-refractivity contribution >= 4 is 5.97 Å². The maximum absolute atomic E-state index is 12.0. The van der Waals surface area contributed by atoms with Crippen molar-refractivity contribution in [3.63, 3.8) is 0 Å². The van der Waals surface area contributed by atoms with Crippen LogP contribution in [0.25, 0.3) is 0 Å². The fourth-order valence-electron chi connectivity index (χ4n) is 3.04. The molecule has 1 atom stereocenters. The molecule has 0 amide bonds. The lowest BCUT2D eigenvalue weighted by Gasteiger charge is -2.32. The third kappa shape index (κ3) is 3.42. The smallest absolute Gasteiger partial charge is 0.355 e. The summed E-state index contributed by atoms with van der Waals surface area (Å²) in [5.41, 5.74) is 1.71. The van der Waals surface area contributed by atoms with Gasteiger partial charge < -0.3 is 14.2 Å². The number of nitrogens with zero attached hydrogens (tertiary/aromatic N) is 2. The lowest BCUT2D eigenvalue weighted by Crippen LogP contribution is -2.36. The average Bonchev–Trinajstić information content (AvgIpc) is 2.79. The molecule has 1 aliphatic rings. The van der Waals surface area contributed by atoms with E-state index in [0.29, 0.717) is 18.3 Å². The molecule has 0 radical (unpaired) electrons. The van der Waals surface area contributed by atoms with Crippen LogP contribution in [0, 0.1) is 6.92 Å². The second-order valence-electron chi connectivity index (χ2n) is 5.68. The third-order valence-corrected chi connectivity index (χ3v) is 4.26. The van der Waals surface area contributed by atoms with Gasteiger partial charge in [-0.05, 0) is 58.3 Å². The Morgan fingerprint density at radius 2 is 2.25 bits per heavy atom. The molecule has 4 heteroatoms. The summed E-state index contributed by atoms with van der Waals surface area (Å²) in [7, 11) is 2.21. The van der Waals surface area contributed by atoms with E-state index in [2.05, 4.69) is 16.5 Å². The lowest BCUT2D eigenvalue weighted by molar-refractivity contribution is 0.0511. The first-order chi connectivity index (χ1) is 9.63. The molecular weight excluding hydrogens is 252 g/mol. The van der Waals surface area contributed by atoms with Gasteiger partial charge in [-0.2, -0.15) is 0 Å². The van der Waals surface area contributed by atoms with E-state index in [4.69, 9.17) is 4.74 Å². The Bertz CT molecular complexity index is 453. The van der Waals surface area contributed by atoms with Crippen molar-refractivity contribution in [1.29, 1.82) is 0 Å². The summed E-state index contributed by atoms with van der Waals surface area (Å²) in [5, 5.41) is 0. The van der Waals surface area contributed by atoms with Crippen LogP contribution in [-0.2, 0) is 11.3 Å². The van der Waals surface area contributed by atoms with E-state index in [0.717, 1.165) is 18.5 Å². The Labute approximate surface area is 121 Å². The Hall–Kier alpha value is -1.29. The summed E-state index contributed by atoms with van der Waals surface area (Å²) in [6.45, 7) is 6.32. The molecule has 112 valence electrons. The Morgan fingerprint density at radius 1 is 1.45 bits per heavy atom. The molecule has 4 nitrogen and oxygen atoms in total. The highest BCUT2D eigenvalue weighted by atomic mass is 16.5. The lowest BCUT2D eigenvalue weighted by atomic mass is 10.0. The van der Waals surface area contributed by atoms with Crippen LogP contribution in [-0.4, -0.2) is 41.7 Å². The van der Waals surface area contributed by atoms with Crippen molar-refractivity contribution in [1.82, 2.24) is 9.47 Å². The number of esters is 1. The minimum Gasteiger partial charge on any atom is -0.461 e. The van der Waals surface area contributed by atoms with E-state index < -0.39 is 0 Å². The van der Waals surface area contributed by atoms with Crippen LogP contribution in [0.2, 0.25) is 0 Å². The number of hydrogen-bond donors (Lipinski definition) is 0. The van der Waals surface area contributed by atoms with Gasteiger partial charge in [-0.15, -0.1) is 0 Å². The van der Waals surface area contributed by atoms with Crippen LogP contribution in [0.3, 0.4) is 0 Å². The highest BCUT2D eigenvalue weighted by molar-refractivity contribution is 5.89. The zero-order chi connectivity index (χ0) is 14.5. The van der Waals surface area contributed by atoms with Gasteiger partial charge in [0.05, 0.1) is 6.61 Å². The number of aryl methyl sites for hydroxylation is 2. The summed E-state index contributed by atoms with van der Waals surface area (Å²) in [6, 6.07) is 2.64. The van der Waals surface area contributed by atoms with Gasteiger partial charge in [0.25, 0.3) is 0 Å². The van der Waals surface area contributed by atoms with Crippen molar-refractivity contribution in [2.24, 2.45) is 0 Å². The van der Waals surface area contributed by atoms with Crippen LogP contribution in [0.4, 0.5) is 0 Å². The number of aromatic nitrogens is 1. The van der Waals surface area contributed by atoms with Crippen LogP contribution in [0.5, 0.6) is 0 Å². The van der Waals surface area contributed by atoms with E-state index in [1.54, 1.807) is 0 Å². The van der Waals surface area contributed by atoms with Crippen molar-refractivity contribution in [2.75, 3.05) is 20.2 Å². The quantitative estimate of drug-likeness (QED) is 0.777. The molecule has 0 N–H and O–H groups in total. The molecule has 1 saturated heterocycles. The molecule has 20 heavy (non-hydrogen) atoms. The Kier molecular flexibility index (Phi) is 5.24. The van der Waals surface area contributed by atoms with Gasteiger partial charge in [0.15, 0.2) is 0 Å². The standard InChI is InChI=1S/C16H26N2O2/c1-4-20-16(19)15-13(2)8-11-18(15)12-9-14-7-5-6-10-17(14)3/h8,11,14H,4-7,9-10,12H2,1-3H3. The molecule has 0 aromatic carbocycles. The average molecular weight is 278 g/mol. The molecule has 0 bridgehead atoms. The summed E-state index contributed by atoms with van der Waals surface area (Å²) < 4.78 is 7.20. The monoisotopic (exact) mass is 278 g/mol. The number of rotatable bonds is 5. The van der Waals surface area contributed by atoms with E-state index >= 15 is 0 Å². The summed E-state index contributed by atoms with van der Waals surface area (Å²) in [6.07, 6.45) is 7.00. The zero-order valence-corrected chi connectivity index (χ0v) is 12.9. The Morgan fingerprint density at radius 3 is 2.95 bits per heavy atom. The first-order valence-corrected chi connectivity index (χ1v) is 7.66. The van der Waals surface area contributed by atoms with Gasteiger partial charge in [-0.1, -0.05) is 6.42 Å². The predicted octanol–water partition coefficient (Wildman–Crippen LogP) is 2.85. The molecule has 2 rings (SSSR count). The fourth-order valence-corrected chi connectivity index (χ4v) is 3.04. The third-order valence-electron chi connectivity index (χ3n) is 4.26. The molecule has 1 unspecified atom stereocenters. The minimum atomic E-state index is -0.202. The molecule has 1 fully saturated rings. The van der Waals surface area contributed by atoms with Crippen LogP contribution < -0.4 is 0 Å². The van der Waals surface area contributed by atoms with Crippen molar-refractivity contribution in [3.8, 4) is 0 Å². The van der Waals surface area contributed by atoms with Crippen LogP contribution >= 0.6 is 0 Å². The fraction of sp³-hybridized carbons (Fsp3) is 0.688. The highest BCUT2D eigenvalue weighted by Gasteiger charge is 2.20. The van der Waals surface area contributed by atoms with Crippen LogP contribution in [0.15, 0.2) is 12.3 Å². The van der Waals surface area contributed by atoms with E-state index in [9.17, 15) is 4.79 Å². The normalized spacial score (nSPS) is 20.1. The molecular formula is C16H26N2O2. The SMILES string of the molecule is CCOC(=O)c1c(C)ccn1CCC1CCCCN1C. The number of piperidine rings is 1. The van der Waals surface area contributed by atoms with Gasteiger partial charge in [0, 0.05) is 18.8 Å². The Balaban J connectivity index is 2.00. The predicted molar refractivity (Wildman–Crippen MR) is 80.0 cm³/mol.